The normalized spacial score (nSPS) is 10.3. The topological polar surface area (TPSA) is 72.7 Å². The Morgan fingerprint density at radius 2 is 2.00 bits per heavy atom. The van der Waals surface area contributed by atoms with Gasteiger partial charge in [-0.1, -0.05) is 23.2 Å². The summed E-state index contributed by atoms with van der Waals surface area (Å²) in [5.74, 6) is -0.378. The molecule has 2 heterocycles. The fourth-order valence-corrected chi connectivity index (χ4v) is 1.58. The second-order valence-electron chi connectivity index (χ2n) is 3.19. The van der Waals surface area contributed by atoms with Crippen molar-refractivity contribution < 1.29 is 4.79 Å². The largest absolute Gasteiger partial charge is 0.317 e. The molecule has 0 atom stereocenters. The van der Waals surface area contributed by atoms with Crippen LogP contribution in [0, 0.1) is 0 Å². The van der Waals surface area contributed by atoms with Gasteiger partial charge in [-0.15, -0.1) is 0 Å². The third-order valence-corrected chi connectivity index (χ3v) is 2.53. The fourth-order valence-electron chi connectivity index (χ4n) is 1.17. The first kappa shape index (κ1) is 11.8. The lowest BCUT2D eigenvalue weighted by molar-refractivity contribution is 0.102. The summed E-state index contributed by atoms with van der Waals surface area (Å²) < 4.78 is 1.51. The molecule has 0 aliphatic heterocycles. The number of nitrogens with zero attached hydrogens (tertiary/aromatic N) is 4. The molecule has 0 saturated carbocycles. The molecular formula is C9H7Cl2N5O. The highest BCUT2D eigenvalue weighted by Gasteiger charge is 2.14. The van der Waals surface area contributed by atoms with E-state index in [1.54, 1.807) is 13.2 Å². The molecule has 2 aromatic rings. The van der Waals surface area contributed by atoms with Gasteiger partial charge in [0.05, 0.1) is 11.8 Å². The molecule has 0 fully saturated rings. The molecule has 17 heavy (non-hydrogen) atoms. The number of nitrogens with one attached hydrogen (secondary N) is 1. The average Bonchev–Trinajstić information content (AvgIpc) is 2.70. The number of carbonyl (C=O) groups is 1. The van der Waals surface area contributed by atoms with Crippen LogP contribution in [0.1, 0.15) is 10.4 Å². The Balaban J connectivity index is 2.24. The third kappa shape index (κ3) is 2.54. The molecule has 2 rings (SSSR count). The summed E-state index contributed by atoms with van der Waals surface area (Å²) >= 11 is 11.6. The summed E-state index contributed by atoms with van der Waals surface area (Å²) in [5.41, 5.74) is 0.577. The molecule has 0 unspecified atom stereocenters. The zero-order chi connectivity index (χ0) is 12.4. The highest BCUT2D eigenvalue weighted by Crippen LogP contribution is 2.26. The highest BCUT2D eigenvalue weighted by molar-refractivity contribution is 6.38. The number of amides is 1. The molecule has 0 aliphatic carbocycles. The summed E-state index contributed by atoms with van der Waals surface area (Å²) in [4.78, 5) is 19.2. The quantitative estimate of drug-likeness (QED) is 0.845. The first-order chi connectivity index (χ1) is 8.08. The lowest BCUT2D eigenvalue weighted by atomic mass is 10.3. The van der Waals surface area contributed by atoms with E-state index >= 15 is 0 Å². The van der Waals surface area contributed by atoms with Crippen LogP contribution >= 0.6 is 23.2 Å². The smallest absolute Gasteiger partial charge is 0.259 e. The maximum absolute atomic E-state index is 11.8. The number of anilines is 1. The lowest BCUT2D eigenvalue weighted by Gasteiger charge is -2.05. The highest BCUT2D eigenvalue weighted by atomic mass is 35.5. The van der Waals surface area contributed by atoms with Gasteiger partial charge in [-0.2, -0.15) is 5.10 Å². The molecule has 0 bridgehead atoms. The van der Waals surface area contributed by atoms with Crippen molar-refractivity contribution in [2.45, 2.75) is 0 Å². The van der Waals surface area contributed by atoms with Crippen molar-refractivity contribution in [3.8, 4) is 0 Å². The molecular weight excluding hydrogens is 265 g/mol. The van der Waals surface area contributed by atoms with E-state index in [2.05, 4.69) is 20.4 Å². The summed E-state index contributed by atoms with van der Waals surface area (Å²) in [5, 5.41) is 6.58. The molecule has 0 saturated heterocycles. The van der Waals surface area contributed by atoms with Crippen LogP contribution in [0.5, 0.6) is 0 Å². The van der Waals surface area contributed by atoms with E-state index in [1.165, 1.54) is 17.2 Å². The van der Waals surface area contributed by atoms with Gasteiger partial charge in [-0.3, -0.25) is 9.48 Å². The van der Waals surface area contributed by atoms with Crippen molar-refractivity contribution in [2.75, 3.05) is 5.32 Å². The lowest BCUT2D eigenvalue weighted by Crippen LogP contribution is -2.12. The van der Waals surface area contributed by atoms with E-state index in [0.717, 1.165) is 0 Å². The average molecular weight is 272 g/mol. The molecule has 1 amide bonds. The maximum Gasteiger partial charge on any atom is 0.259 e. The predicted molar refractivity (Wildman–Crippen MR) is 63.2 cm³/mol. The molecule has 0 radical (unpaired) electrons. The van der Waals surface area contributed by atoms with Gasteiger partial charge >= 0.3 is 0 Å². The van der Waals surface area contributed by atoms with Crippen LogP contribution < -0.4 is 5.32 Å². The van der Waals surface area contributed by atoms with Gasteiger partial charge in [0.15, 0.2) is 10.3 Å². The summed E-state index contributed by atoms with van der Waals surface area (Å²) in [7, 11) is 1.71. The monoisotopic (exact) mass is 271 g/mol. The standard InChI is InChI=1S/C9H7Cl2N5O/c1-16-3-5(2-14-16)9(17)15-6-7(10)12-4-13-8(6)11/h2-4H,1H3,(H,15,17). The molecule has 6 nitrogen and oxygen atoms in total. The Morgan fingerprint density at radius 1 is 1.35 bits per heavy atom. The molecule has 2 aromatic heterocycles. The number of hydrogen-bond acceptors (Lipinski definition) is 4. The minimum atomic E-state index is -0.378. The second kappa shape index (κ2) is 4.68. The van der Waals surface area contributed by atoms with Gasteiger partial charge in [-0.25, -0.2) is 9.97 Å². The number of halogens is 2. The Labute approximate surface area is 107 Å². The SMILES string of the molecule is Cn1cc(C(=O)Nc2c(Cl)ncnc2Cl)cn1. The molecule has 1 N–H and O–H groups in total. The van der Waals surface area contributed by atoms with Crippen molar-refractivity contribution in [1.82, 2.24) is 19.7 Å². The predicted octanol–water partition coefficient (Wildman–Crippen LogP) is 1.77. The minimum Gasteiger partial charge on any atom is -0.317 e. The van der Waals surface area contributed by atoms with Gasteiger partial charge in [0, 0.05) is 13.2 Å². The van der Waals surface area contributed by atoms with Crippen molar-refractivity contribution in [3.63, 3.8) is 0 Å². The van der Waals surface area contributed by atoms with E-state index in [0.29, 0.717) is 5.56 Å². The van der Waals surface area contributed by atoms with E-state index in [-0.39, 0.29) is 21.9 Å². The van der Waals surface area contributed by atoms with E-state index < -0.39 is 0 Å². The van der Waals surface area contributed by atoms with Gasteiger partial charge in [-0.05, 0) is 0 Å². The van der Waals surface area contributed by atoms with Crippen LogP contribution in [0.4, 0.5) is 5.69 Å². The number of aromatic nitrogens is 4. The Bertz CT molecular complexity index is 548. The number of carbonyl (C=O) groups excluding carboxylic acids is 1. The first-order valence-electron chi connectivity index (χ1n) is 4.54. The summed E-state index contributed by atoms with van der Waals surface area (Å²) in [6.45, 7) is 0. The van der Waals surface area contributed by atoms with Crippen LogP contribution in [0.25, 0.3) is 0 Å². The van der Waals surface area contributed by atoms with Crippen molar-refractivity contribution in [3.05, 3.63) is 34.6 Å². The van der Waals surface area contributed by atoms with Gasteiger partial charge in [0.25, 0.3) is 5.91 Å². The Hall–Kier alpha value is -1.66. The van der Waals surface area contributed by atoms with E-state index in [9.17, 15) is 4.79 Å². The van der Waals surface area contributed by atoms with Gasteiger partial charge in [0.1, 0.15) is 12.0 Å². The second-order valence-corrected chi connectivity index (χ2v) is 3.90. The maximum atomic E-state index is 11.8. The minimum absolute atomic E-state index is 0.0854. The summed E-state index contributed by atoms with van der Waals surface area (Å²) in [6, 6.07) is 0. The van der Waals surface area contributed by atoms with Crippen LogP contribution in [-0.2, 0) is 7.05 Å². The molecule has 0 aromatic carbocycles. The number of rotatable bonds is 2. The van der Waals surface area contributed by atoms with Crippen LogP contribution in [0.3, 0.4) is 0 Å². The Kier molecular flexibility index (Phi) is 3.26. The van der Waals surface area contributed by atoms with Crippen molar-refractivity contribution >= 4 is 34.8 Å². The molecule has 8 heteroatoms. The van der Waals surface area contributed by atoms with Crippen molar-refractivity contribution in [2.24, 2.45) is 7.05 Å². The zero-order valence-electron chi connectivity index (χ0n) is 8.69. The van der Waals surface area contributed by atoms with Gasteiger partial charge < -0.3 is 5.32 Å². The van der Waals surface area contributed by atoms with Gasteiger partial charge in [0.2, 0.25) is 0 Å². The molecule has 0 aliphatic rings. The first-order valence-corrected chi connectivity index (χ1v) is 5.29. The number of aryl methyl sites for hydroxylation is 1. The number of hydrogen-bond donors (Lipinski definition) is 1. The third-order valence-electron chi connectivity index (χ3n) is 1.96. The summed E-state index contributed by atoms with van der Waals surface area (Å²) in [6.07, 6.45) is 4.21. The van der Waals surface area contributed by atoms with Crippen LogP contribution in [0.2, 0.25) is 10.3 Å². The molecule has 0 spiro atoms. The molecule has 88 valence electrons. The van der Waals surface area contributed by atoms with Crippen molar-refractivity contribution in [1.29, 1.82) is 0 Å². The Morgan fingerprint density at radius 3 is 2.53 bits per heavy atom. The van der Waals surface area contributed by atoms with E-state index in [4.69, 9.17) is 23.2 Å². The van der Waals surface area contributed by atoms with Crippen LogP contribution in [0.15, 0.2) is 18.7 Å². The fraction of sp³-hybridized carbons (Fsp3) is 0.111. The van der Waals surface area contributed by atoms with Crippen LogP contribution in [-0.4, -0.2) is 25.7 Å². The zero-order valence-corrected chi connectivity index (χ0v) is 10.2. The van der Waals surface area contributed by atoms with E-state index in [1.807, 2.05) is 0 Å².